The van der Waals surface area contributed by atoms with Crippen molar-refractivity contribution < 1.29 is 132 Å². The number of methoxy groups -OCH3 is 2. The molecule has 3 aromatic carbocycles. The fourth-order valence-corrected chi connectivity index (χ4v) is 8.67. The van der Waals surface area contributed by atoms with Gasteiger partial charge in [-0.3, -0.25) is 14.4 Å². The largest absolute Gasteiger partial charge is 0.508 e. The summed E-state index contributed by atoms with van der Waals surface area (Å²) in [5, 5.41) is 117. The number of benzene rings is 4. The third kappa shape index (κ3) is 14.6. The van der Waals surface area contributed by atoms with Crippen LogP contribution in [0.2, 0.25) is 0 Å². The SMILES string of the molecule is COc1cc(C=CC(=O)OCC2OC(Oc3cc4c(OC5OC(COC(=O)CC(=O)O)C(O)C(O)C5O)cc(=O)cc-4oc3-c3ccc(O)cc3)C(OC3OCC(O)C(O)C3OC(=O)C=Cc3ccc(O)c(OC)c3)C(O)C2O)ccc1O. The molecule has 4 heterocycles. The third-order valence-corrected chi connectivity index (χ3v) is 13.0. The quantitative estimate of drug-likeness (QED) is 0.0210. The third-order valence-electron chi connectivity index (χ3n) is 13.0. The lowest BCUT2D eigenvalue weighted by Gasteiger charge is -2.45. The number of hydrogen-bond donors (Lipinski definition) is 11. The second-order valence-corrected chi connectivity index (χ2v) is 18.8. The fourth-order valence-electron chi connectivity index (χ4n) is 8.67. The van der Waals surface area contributed by atoms with Gasteiger partial charge in [0.15, 0.2) is 58.4 Å². The number of rotatable bonds is 20. The number of phenols is 3. The van der Waals surface area contributed by atoms with Gasteiger partial charge in [-0.05, 0) is 77.9 Å². The van der Waals surface area contributed by atoms with Crippen molar-refractivity contribution in [3.63, 3.8) is 0 Å². The van der Waals surface area contributed by atoms with Gasteiger partial charge in [-0.15, -0.1) is 0 Å². The normalized spacial score (nSPS) is 27.2. The van der Waals surface area contributed by atoms with E-state index in [0.717, 1.165) is 24.3 Å². The zero-order chi connectivity index (χ0) is 59.8. The number of carbonyl (C=O) groups is 4. The first kappa shape index (κ1) is 60.7. The molecule has 5 aliphatic rings. The molecule has 83 heavy (non-hydrogen) atoms. The first-order valence-corrected chi connectivity index (χ1v) is 25.0. The smallest absolute Gasteiger partial charge is 0.331 e. The van der Waals surface area contributed by atoms with Crippen LogP contribution in [0, 0.1) is 0 Å². The summed E-state index contributed by atoms with van der Waals surface area (Å²) in [6, 6.07) is 16.7. The summed E-state index contributed by atoms with van der Waals surface area (Å²) in [5.74, 6) is -6.59. The Hall–Kier alpha value is -8.39. The van der Waals surface area contributed by atoms with Gasteiger partial charge in [-0.2, -0.15) is 0 Å². The minimum atomic E-state index is -2.13. The number of aliphatic hydroxyl groups is 7. The highest BCUT2D eigenvalue weighted by atomic mass is 16.8. The molecule has 1 aliphatic carbocycles. The molecule has 0 bridgehead atoms. The predicted octanol–water partition coefficient (Wildman–Crippen LogP) is -0.0795. The van der Waals surface area contributed by atoms with Crippen LogP contribution in [0.3, 0.4) is 0 Å². The van der Waals surface area contributed by atoms with E-state index in [1.54, 1.807) is 0 Å². The standard InChI is InChI=1S/C55H56O28/c1-72-35-15-24(3-11-30(35)58)5-13-41(63)74-22-39-46(68)48(70)52(83-54-51(44(66)32(60)21-76-54)82-42(64)14-6-25-4-12-31(59)36(16-25)73-2)55(81-39)79-37-19-29-33(77-50(37)26-7-9-27(56)10-8-26)17-28(57)18-34(29)78-53-49(71)47(69)45(67)38(80-53)23-75-43(65)20-40(61)62/h3-19,32,38-39,44-49,51-56,58-60,66-71H,20-23H2,1-2H3,(H,61,62). The van der Waals surface area contributed by atoms with Crippen LogP contribution in [-0.2, 0) is 52.3 Å². The van der Waals surface area contributed by atoms with Crippen molar-refractivity contribution in [2.75, 3.05) is 34.0 Å². The molecule has 8 rings (SSSR count). The number of esters is 3. The van der Waals surface area contributed by atoms with Gasteiger partial charge in [0, 0.05) is 29.8 Å². The zero-order valence-corrected chi connectivity index (χ0v) is 43.6. The lowest BCUT2D eigenvalue weighted by Crippen LogP contribution is -2.64. The van der Waals surface area contributed by atoms with E-state index in [4.69, 9.17) is 61.6 Å². The molecule has 0 amide bonds. The van der Waals surface area contributed by atoms with Gasteiger partial charge < -0.3 is 113 Å². The van der Waals surface area contributed by atoms with E-state index in [1.807, 2.05) is 0 Å². The summed E-state index contributed by atoms with van der Waals surface area (Å²) in [6.45, 7) is -2.27. The molecule has 3 saturated heterocycles. The summed E-state index contributed by atoms with van der Waals surface area (Å²) in [5.41, 5.74) is -0.0382. The molecule has 0 saturated carbocycles. The molecule has 0 radical (unpaired) electrons. The van der Waals surface area contributed by atoms with Crippen molar-refractivity contribution >= 4 is 36.0 Å². The van der Waals surface area contributed by atoms with E-state index in [0.29, 0.717) is 11.1 Å². The summed E-state index contributed by atoms with van der Waals surface area (Å²) >= 11 is 0. The van der Waals surface area contributed by atoms with Gasteiger partial charge in [0.1, 0.15) is 91.8 Å². The molecule has 28 nitrogen and oxygen atoms in total. The highest BCUT2D eigenvalue weighted by Gasteiger charge is 2.52. The molecule has 28 heteroatoms. The Balaban J connectivity index is 1.14. The van der Waals surface area contributed by atoms with E-state index in [-0.39, 0.29) is 57.1 Å². The molecule has 14 unspecified atom stereocenters. The number of aliphatic hydroxyl groups excluding tert-OH is 7. The van der Waals surface area contributed by atoms with Crippen LogP contribution in [-0.4, -0.2) is 200 Å². The molecule has 0 spiro atoms. The Kier molecular flexibility index (Phi) is 19.5. The maximum Gasteiger partial charge on any atom is 0.331 e. The summed E-state index contributed by atoms with van der Waals surface area (Å²) in [6.07, 6.45) is -23.4. The van der Waals surface area contributed by atoms with Crippen LogP contribution in [0.1, 0.15) is 17.5 Å². The fraction of sp³-hybridized carbons (Fsp3) is 0.364. The average molecular weight is 1170 g/mol. The molecule has 3 aromatic rings. The van der Waals surface area contributed by atoms with Gasteiger partial charge >= 0.3 is 23.9 Å². The summed E-state index contributed by atoms with van der Waals surface area (Å²) in [7, 11) is 2.63. The van der Waals surface area contributed by atoms with Gasteiger partial charge in [0.2, 0.25) is 12.6 Å². The van der Waals surface area contributed by atoms with Gasteiger partial charge in [-0.1, -0.05) is 12.1 Å². The Morgan fingerprint density at radius 2 is 1.19 bits per heavy atom. The second kappa shape index (κ2) is 26.7. The van der Waals surface area contributed by atoms with Crippen molar-refractivity contribution in [2.45, 2.75) is 92.4 Å². The number of fused-ring (bicyclic) bond motifs is 1. The van der Waals surface area contributed by atoms with Gasteiger partial charge in [0.25, 0.3) is 0 Å². The van der Waals surface area contributed by atoms with Crippen LogP contribution in [0.15, 0.2) is 100 Å². The highest BCUT2D eigenvalue weighted by Crippen LogP contribution is 2.44. The van der Waals surface area contributed by atoms with E-state index < -0.39 is 147 Å². The lowest BCUT2D eigenvalue weighted by molar-refractivity contribution is -0.345. The molecular weight excluding hydrogens is 1110 g/mol. The van der Waals surface area contributed by atoms with Gasteiger partial charge in [0.05, 0.1) is 26.4 Å². The molecule has 444 valence electrons. The summed E-state index contributed by atoms with van der Waals surface area (Å²) < 4.78 is 68.5. The van der Waals surface area contributed by atoms with Crippen LogP contribution in [0.4, 0.5) is 0 Å². The number of aromatic hydroxyl groups is 3. The minimum absolute atomic E-state index is 0.0764. The maximum atomic E-state index is 13.4. The van der Waals surface area contributed by atoms with Crippen molar-refractivity contribution in [1.82, 2.24) is 0 Å². The monoisotopic (exact) mass is 1160 g/mol. The van der Waals surface area contributed by atoms with E-state index in [2.05, 4.69) is 0 Å². The van der Waals surface area contributed by atoms with Crippen LogP contribution < -0.4 is 24.4 Å². The summed E-state index contributed by atoms with van der Waals surface area (Å²) in [4.78, 5) is 62.8. The predicted molar refractivity (Wildman–Crippen MR) is 275 cm³/mol. The van der Waals surface area contributed by atoms with Crippen LogP contribution >= 0.6 is 0 Å². The molecule has 11 N–H and O–H groups in total. The lowest BCUT2D eigenvalue weighted by atomic mass is 9.98. The van der Waals surface area contributed by atoms with Crippen LogP contribution in [0.25, 0.3) is 34.8 Å². The average Bonchev–Trinajstić information content (AvgIpc) is 3.64. The van der Waals surface area contributed by atoms with Crippen molar-refractivity contribution in [3.8, 4) is 62.9 Å². The molecule has 3 fully saturated rings. The number of aliphatic carboxylic acids is 1. The number of phenolic OH excluding ortho intramolecular Hbond substituents is 3. The van der Waals surface area contributed by atoms with Gasteiger partial charge in [-0.25, -0.2) is 9.59 Å². The first-order valence-electron chi connectivity index (χ1n) is 25.0. The zero-order valence-electron chi connectivity index (χ0n) is 43.6. The van der Waals surface area contributed by atoms with E-state index in [1.165, 1.54) is 93.1 Å². The topological polar surface area (TPSA) is 423 Å². The van der Waals surface area contributed by atoms with Crippen molar-refractivity contribution in [2.24, 2.45) is 0 Å². The Morgan fingerprint density at radius 3 is 1.82 bits per heavy atom. The Labute approximate surface area is 468 Å². The highest BCUT2D eigenvalue weighted by molar-refractivity contribution is 5.90. The molecule has 14 atom stereocenters. The van der Waals surface area contributed by atoms with E-state index in [9.17, 15) is 75.0 Å². The maximum absolute atomic E-state index is 13.4. The van der Waals surface area contributed by atoms with E-state index >= 15 is 0 Å². The van der Waals surface area contributed by atoms with Crippen LogP contribution in [0.5, 0.6) is 40.2 Å². The number of ether oxygens (including phenoxy) is 11. The second-order valence-electron chi connectivity index (χ2n) is 18.8. The van der Waals surface area contributed by atoms with Crippen molar-refractivity contribution in [3.05, 3.63) is 112 Å². The van der Waals surface area contributed by atoms with Crippen molar-refractivity contribution in [1.29, 1.82) is 0 Å². The molecule has 4 aliphatic heterocycles. The minimum Gasteiger partial charge on any atom is -0.508 e. The number of carbonyl (C=O) groups excluding carboxylic acids is 3. The number of hydrogen-bond acceptors (Lipinski definition) is 27. The molecular formula is C55H56O28. The molecule has 0 aromatic heterocycles. The Bertz CT molecular complexity index is 3190. The first-order chi connectivity index (χ1) is 39.6. The Morgan fingerprint density at radius 1 is 0.602 bits per heavy atom. The number of carboxylic acids is 1. The number of carboxylic acid groups (broad SMARTS) is 1.